The Bertz CT molecular complexity index is 659. The summed E-state index contributed by atoms with van der Waals surface area (Å²) in [6.07, 6.45) is 15.2. The van der Waals surface area contributed by atoms with E-state index < -0.39 is 0 Å². The molecule has 4 aliphatic rings. The molecular weight excluding hydrogens is 396 g/mol. The normalized spacial score (nSPS) is 44.5. The summed E-state index contributed by atoms with van der Waals surface area (Å²) < 4.78 is 5.71. The minimum Gasteiger partial charge on any atom is -0.463 e. The standard InChI is InChI=1S/C29H50O3/c1-19(2)7-6-8-20(3)25-13-14-26-24-12-10-22-9-11-23(32-21(4)31)17-29(22,18-30)27(24)15-16-28(25,26)5/h19-20,22-27,30H,6-18H2,1-5H3/t20-,22?,23?,24+,25-,26+,27+,28-,29-/m1/s1. The van der Waals surface area contributed by atoms with Gasteiger partial charge in [-0.05, 0) is 105 Å². The van der Waals surface area contributed by atoms with Crippen molar-refractivity contribution in [3.63, 3.8) is 0 Å². The van der Waals surface area contributed by atoms with Crippen LogP contribution in [0.25, 0.3) is 0 Å². The van der Waals surface area contributed by atoms with E-state index in [0.717, 1.165) is 48.9 Å². The maximum absolute atomic E-state index is 11.7. The van der Waals surface area contributed by atoms with Gasteiger partial charge in [-0.1, -0.05) is 47.0 Å². The molecule has 2 unspecified atom stereocenters. The average molecular weight is 447 g/mol. The van der Waals surface area contributed by atoms with Crippen LogP contribution in [0.5, 0.6) is 0 Å². The number of aliphatic hydroxyl groups excluding tert-OH is 1. The Balaban J connectivity index is 1.50. The summed E-state index contributed by atoms with van der Waals surface area (Å²) in [6.45, 7) is 11.7. The zero-order valence-electron chi connectivity index (χ0n) is 21.6. The maximum Gasteiger partial charge on any atom is 0.302 e. The number of rotatable bonds is 7. The van der Waals surface area contributed by atoms with Gasteiger partial charge >= 0.3 is 5.97 Å². The van der Waals surface area contributed by atoms with Gasteiger partial charge in [0.25, 0.3) is 0 Å². The van der Waals surface area contributed by atoms with Crippen molar-refractivity contribution in [2.45, 2.75) is 118 Å². The largest absolute Gasteiger partial charge is 0.463 e. The first-order valence-electron chi connectivity index (χ1n) is 14.0. The molecule has 0 amide bonds. The number of carbonyl (C=O) groups is 1. The Hall–Kier alpha value is -0.570. The highest BCUT2D eigenvalue weighted by Crippen LogP contribution is 2.68. The van der Waals surface area contributed by atoms with E-state index in [1.54, 1.807) is 0 Å². The first kappa shape index (κ1) is 24.6. The quantitative estimate of drug-likeness (QED) is 0.428. The Morgan fingerprint density at radius 2 is 1.75 bits per heavy atom. The molecule has 9 atom stereocenters. The van der Waals surface area contributed by atoms with E-state index in [4.69, 9.17) is 4.74 Å². The van der Waals surface area contributed by atoms with Crippen LogP contribution in [-0.2, 0) is 9.53 Å². The Labute approximate surface area is 197 Å². The Morgan fingerprint density at radius 3 is 2.44 bits per heavy atom. The predicted molar refractivity (Wildman–Crippen MR) is 130 cm³/mol. The summed E-state index contributed by atoms with van der Waals surface area (Å²) >= 11 is 0. The Kier molecular flexibility index (Phi) is 7.36. The molecule has 0 aliphatic heterocycles. The molecule has 1 N–H and O–H groups in total. The SMILES string of the molecule is CC(=O)OC1CCC2CC[C@@H]3[C@H](CC[C@]4(C)[C@@H]([C@H](C)CCCC(C)C)CC[C@@H]34)[C@@]2(CO)C1. The fraction of sp³-hybridized carbons (Fsp3) is 0.966. The predicted octanol–water partition coefficient (Wildman–Crippen LogP) is 7.01. The molecule has 3 heteroatoms. The van der Waals surface area contributed by atoms with Crippen molar-refractivity contribution in [1.82, 2.24) is 0 Å². The monoisotopic (exact) mass is 446 g/mol. The van der Waals surface area contributed by atoms with Gasteiger partial charge in [0.05, 0.1) is 0 Å². The smallest absolute Gasteiger partial charge is 0.302 e. The lowest BCUT2D eigenvalue weighted by Gasteiger charge is -2.62. The van der Waals surface area contributed by atoms with Crippen LogP contribution in [0.4, 0.5) is 0 Å². The molecule has 0 bridgehead atoms. The Morgan fingerprint density at radius 1 is 1.00 bits per heavy atom. The minimum atomic E-state index is -0.157. The van der Waals surface area contributed by atoms with Crippen LogP contribution in [0.15, 0.2) is 0 Å². The molecule has 184 valence electrons. The second-order valence-electron chi connectivity index (χ2n) is 13.1. The zero-order chi connectivity index (χ0) is 23.1. The first-order chi connectivity index (χ1) is 15.2. The molecule has 4 fully saturated rings. The molecule has 0 heterocycles. The highest BCUT2D eigenvalue weighted by Gasteiger charge is 2.62. The fourth-order valence-corrected chi connectivity index (χ4v) is 9.72. The number of aliphatic hydroxyl groups is 1. The van der Waals surface area contributed by atoms with E-state index in [1.165, 1.54) is 64.7 Å². The molecule has 0 aromatic rings. The molecule has 3 nitrogen and oxygen atoms in total. The highest BCUT2D eigenvalue weighted by molar-refractivity contribution is 5.66. The van der Waals surface area contributed by atoms with Gasteiger partial charge in [-0.25, -0.2) is 0 Å². The highest BCUT2D eigenvalue weighted by atomic mass is 16.5. The summed E-state index contributed by atoms with van der Waals surface area (Å²) in [6, 6.07) is 0. The topological polar surface area (TPSA) is 46.5 Å². The van der Waals surface area contributed by atoms with E-state index in [2.05, 4.69) is 27.7 Å². The lowest BCUT2D eigenvalue weighted by molar-refractivity contribution is -0.175. The minimum absolute atomic E-state index is 0.0103. The second-order valence-corrected chi connectivity index (χ2v) is 13.1. The maximum atomic E-state index is 11.7. The summed E-state index contributed by atoms with van der Waals surface area (Å²) in [5.74, 6) is 5.22. The number of fused-ring (bicyclic) bond motifs is 5. The average Bonchev–Trinajstić information content (AvgIpc) is 3.09. The molecule has 32 heavy (non-hydrogen) atoms. The van der Waals surface area contributed by atoms with Crippen LogP contribution >= 0.6 is 0 Å². The third-order valence-corrected chi connectivity index (χ3v) is 11.1. The number of hydrogen-bond acceptors (Lipinski definition) is 3. The van der Waals surface area contributed by atoms with Crippen LogP contribution in [0.3, 0.4) is 0 Å². The number of carbonyl (C=O) groups excluding carboxylic acids is 1. The van der Waals surface area contributed by atoms with Crippen molar-refractivity contribution in [1.29, 1.82) is 0 Å². The summed E-state index contributed by atoms with van der Waals surface area (Å²) in [5.41, 5.74) is 0.482. The molecule has 4 rings (SSSR count). The van der Waals surface area contributed by atoms with Gasteiger partial charge in [0.1, 0.15) is 6.10 Å². The third kappa shape index (κ3) is 4.29. The van der Waals surface area contributed by atoms with E-state index >= 15 is 0 Å². The molecular formula is C29H50O3. The molecule has 0 spiro atoms. The number of hydrogen-bond donors (Lipinski definition) is 1. The lowest BCUT2D eigenvalue weighted by atomic mass is 9.44. The van der Waals surface area contributed by atoms with Gasteiger partial charge in [0.15, 0.2) is 0 Å². The van der Waals surface area contributed by atoms with Gasteiger partial charge < -0.3 is 9.84 Å². The molecule has 0 aromatic heterocycles. The zero-order valence-corrected chi connectivity index (χ0v) is 21.6. The van der Waals surface area contributed by atoms with Crippen molar-refractivity contribution in [3.8, 4) is 0 Å². The van der Waals surface area contributed by atoms with E-state index in [-0.39, 0.29) is 24.1 Å². The van der Waals surface area contributed by atoms with E-state index in [0.29, 0.717) is 17.3 Å². The summed E-state index contributed by atoms with van der Waals surface area (Å²) in [7, 11) is 0. The van der Waals surface area contributed by atoms with Gasteiger partial charge in [-0.2, -0.15) is 0 Å². The lowest BCUT2D eigenvalue weighted by Crippen LogP contribution is -2.57. The third-order valence-electron chi connectivity index (χ3n) is 11.1. The molecule has 4 saturated carbocycles. The van der Waals surface area contributed by atoms with Crippen LogP contribution in [0.1, 0.15) is 112 Å². The van der Waals surface area contributed by atoms with Crippen molar-refractivity contribution in [2.75, 3.05) is 6.61 Å². The molecule has 0 aromatic carbocycles. The van der Waals surface area contributed by atoms with E-state index in [1.807, 2.05) is 0 Å². The van der Waals surface area contributed by atoms with Gasteiger partial charge in [-0.3, -0.25) is 4.79 Å². The van der Waals surface area contributed by atoms with Gasteiger partial charge in [0, 0.05) is 18.9 Å². The van der Waals surface area contributed by atoms with Gasteiger partial charge in [0.2, 0.25) is 0 Å². The van der Waals surface area contributed by atoms with Crippen molar-refractivity contribution < 1.29 is 14.6 Å². The molecule has 0 radical (unpaired) electrons. The first-order valence-corrected chi connectivity index (χ1v) is 14.0. The van der Waals surface area contributed by atoms with Crippen LogP contribution in [-0.4, -0.2) is 23.8 Å². The number of ether oxygens (including phenoxy) is 1. The van der Waals surface area contributed by atoms with Crippen LogP contribution < -0.4 is 0 Å². The van der Waals surface area contributed by atoms with Crippen molar-refractivity contribution in [3.05, 3.63) is 0 Å². The summed E-state index contributed by atoms with van der Waals surface area (Å²) in [4.78, 5) is 11.7. The van der Waals surface area contributed by atoms with Gasteiger partial charge in [-0.15, -0.1) is 0 Å². The summed E-state index contributed by atoms with van der Waals surface area (Å²) in [5, 5.41) is 10.8. The van der Waals surface area contributed by atoms with Crippen molar-refractivity contribution in [2.24, 2.45) is 52.3 Å². The van der Waals surface area contributed by atoms with Crippen molar-refractivity contribution >= 4 is 5.97 Å². The second kappa shape index (κ2) is 9.59. The van der Waals surface area contributed by atoms with Crippen LogP contribution in [0.2, 0.25) is 0 Å². The number of esters is 1. The van der Waals surface area contributed by atoms with Crippen LogP contribution in [0, 0.1) is 52.3 Å². The van der Waals surface area contributed by atoms with E-state index in [9.17, 15) is 9.90 Å². The fourth-order valence-electron chi connectivity index (χ4n) is 9.72. The molecule has 4 aliphatic carbocycles. The molecule has 0 saturated heterocycles.